The Morgan fingerprint density at radius 3 is 1.97 bits per heavy atom. The van der Waals surface area contributed by atoms with Gasteiger partial charge in [0.2, 0.25) is 0 Å². The minimum absolute atomic E-state index is 0.350. The minimum atomic E-state index is 0.350. The molecule has 3 rings (SSSR count). The third kappa shape index (κ3) is 4.08. The number of nitrogens with two attached hydrogens (primary N) is 1. The lowest BCUT2D eigenvalue weighted by Gasteiger charge is -2.64. The van der Waals surface area contributed by atoms with Crippen LogP contribution in [-0.2, 0) is 0 Å². The van der Waals surface area contributed by atoms with Crippen molar-refractivity contribution in [2.24, 2.45) is 63.4 Å². The van der Waals surface area contributed by atoms with E-state index in [9.17, 15) is 0 Å². The first kappa shape index (κ1) is 23.6. The van der Waals surface area contributed by atoms with Crippen molar-refractivity contribution in [3.05, 3.63) is 0 Å². The smallest absolute Gasteiger partial charge is 0.00442 e. The molecule has 0 spiro atoms. The molecule has 3 aliphatic rings. The van der Waals surface area contributed by atoms with Gasteiger partial charge in [0.1, 0.15) is 0 Å². The maximum Gasteiger partial charge on any atom is 0.00442 e. The predicted octanol–water partition coefficient (Wildman–Crippen LogP) is 7.93. The van der Waals surface area contributed by atoms with Crippen LogP contribution < -0.4 is 5.73 Å². The largest absolute Gasteiger partial charge is 0.328 e. The van der Waals surface area contributed by atoms with Crippen LogP contribution in [-0.4, -0.2) is 6.04 Å². The van der Waals surface area contributed by atoms with Crippen LogP contribution in [0.4, 0.5) is 0 Å². The van der Waals surface area contributed by atoms with Crippen LogP contribution in [0, 0.1) is 57.7 Å². The maximum atomic E-state index is 6.84. The standard InChI is InChI=1S/C28H53N/c1-10-22-11-12-23(29)16-27(9,24-14-18(2)21(24)5)17-28(15-22,26(6,7)8)25-19(3)13-20(25)4/h18-25H,10-17,29H2,1-9H3/t18?,19-,20?,21?,22?,23?,24?,25?,27?,28?/m1/s1. The van der Waals surface area contributed by atoms with E-state index >= 15 is 0 Å². The number of hydrogen-bond donors (Lipinski definition) is 1. The van der Waals surface area contributed by atoms with E-state index in [1.54, 1.807) is 0 Å². The SMILES string of the molecule is CCC1CCC(N)CC(C)(C2CC(C)C2C)CC(C2C(C)C[C@H]2C)(C(C)(C)C)C1. The van der Waals surface area contributed by atoms with Gasteiger partial charge in [-0.3, -0.25) is 0 Å². The molecule has 3 aliphatic carbocycles. The fraction of sp³-hybridized carbons (Fsp3) is 1.00. The van der Waals surface area contributed by atoms with E-state index < -0.39 is 0 Å². The Balaban J connectivity index is 2.08. The second-order valence-corrected chi connectivity index (χ2v) is 13.7. The summed E-state index contributed by atoms with van der Waals surface area (Å²) in [5.74, 6) is 6.14. The number of rotatable bonds is 3. The highest BCUT2D eigenvalue weighted by Gasteiger charge is 2.60. The second-order valence-electron chi connectivity index (χ2n) is 13.7. The summed E-state index contributed by atoms with van der Waals surface area (Å²) in [4.78, 5) is 0. The molecule has 3 saturated carbocycles. The zero-order valence-corrected chi connectivity index (χ0v) is 21.4. The molecule has 0 aliphatic heterocycles. The first-order valence-corrected chi connectivity index (χ1v) is 13.1. The molecule has 170 valence electrons. The molecule has 0 radical (unpaired) electrons. The van der Waals surface area contributed by atoms with Gasteiger partial charge in [-0.25, -0.2) is 0 Å². The predicted molar refractivity (Wildman–Crippen MR) is 128 cm³/mol. The molecule has 29 heavy (non-hydrogen) atoms. The van der Waals surface area contributed by atoms with Gasteiger partial charge in [-0.1, -0.05) is 68.7 Å². The van der Waals surface area contributed by atoms with Gasteiger partial charge in [-0.15, -0.1) is 0 Å². The molecular weight excluding hydrogens is 350 g/mol. The summed E-state index contributed by atoms with van der Waals surface area (Å²) in [6, 6.07) is 0.393. The number of hydrogen-bond acceptors (Lipinski definition) is 1. The molecule has 0 amide bonds. The van der Waals surface area contributed by atoms with E-state index in [0.717, 1.165) is 41.4 Å². The summed E-state index contributed by atoms with van der Waals surface area (Å²) in [7, 11) is 0. The Labute approximate surface area is 183 Å². The molecular formula is C28H53N. The highest BCUT2D eigenvalue weighted by Crippen LogP contribution is 2.67. The molecule has 3 fully saturated rings. The fourth-order valence-corrected chi connectivity index (χ4v) is 8.87. The van der Waals surface area contributed by atoms with E-state index in [-0.39, 0.29) is 0 Å². The lowest BCUT2D eigenvalue weighted by molar-refractivity contribution is -0.155. The second kappa shape index (κ2) is 8.14. The van der Waals surface area contributed by atoms with Crippen LogP contribution >= 0.6 is 0 Å². The Morgan fingerprint density at radius 2 is 1.52 bits per heavy atom. The zero-order chi connectivity index (χ0) is 21.8. The van der Waals surface area contributed by atoms with Crippen LogP contribution in [0.1, 0.15) is 114 Å². The van der Waals surface area contributed by atoms with Crippen LogP contribution in [0.25, 0.3) is 0 Å². The van der Waals surface area contributed by atoms with E-state index in [2.05, 4.69) is 62.3 Å². The summed E-state index contributed by atoms with van der Waals surface area (Å²) in [6.45, 7) is 23.0. The van der Waals surface area contributed by atoms with Crippen LogP contribution in [0.5, 0.6) is 0 Å². The van der Waals surface area contributed by atoms with Gasteiger partial charge in [0.05, 0.1) is 0 Å². The molecule has 1 nitrogen and oxygen atoms in total. The van der Waals surface area contributed by atoms with Crippen LogP contribution in [0.2, 0.25) is 0 Å². The van der Waals surface area contributed by atoms with Crippen LogP contribution in [0.3, 0.4) is 0 Å². The molecule has 0 saturated heterocycles. The molecule has 1 heteroatoms. The average Bonchev–Trinajstić information content (AvgIpc) is 2.65. The summed E-state index contributed by atoms with van der Waals surface area (Å²) >= 11 is 0. The molecule has 0 aromatic carbocycles. The quantitative estimate of drug-likeness (QED) is 0.508. The van der Waals surface area contributed by atoms with E-state index in [4.69, 9.17) is 5.73 Å². The summed E-state index contributed by atoms with van der Waals surface area (Å²) in [5.41, 5.74) is 8.03. The molecule has 0 heterocycles. The van der Waals surface area contributed by atoms with E-state index in [0.29, 0.717) is 22.3 Å². The molecule has 2 N–H and O–H groups in total. The van der Waals surface area contributed by atoms with Gasteiger partial charge in [0.15, 0.2) is 0 Å². The Hall–Kier alpha value is -0.0400. The maximum absolute atomic E-state index is 6.84. The minimum Gasteiger partial charge on any atom is -0.328 e. The molecule has 10 atom stereocenters. The average molecular weight is 404 g/mol. The lowest BCUT2D eigenvalue weighted by atomic mass is 9.40. The van der Waals surface area contributed by atoms with Crippen LogP contribution in [0.15, 0.2) is 0 Å². The lowest BCUT2D eigenvalue weighted by Crippen LogP contribution is -2.57. The van der Waals surface area contributed by atoms with E-state index in [1.165, 1.54) is 51.4 Å². The highest BCUT2D eigenvalue weighted by molar-refractivity contribution is 5.09. The Morgan fingerprint density at radius 1 is 0.897 bits per heavy atom. The first-order chi connectivity index (χ1) is 13.3. The molecule has 0 aromatic heterocycles. The van der Waals surface area contributed by atoms with Crippen molar-refractivity contribution in [2.45, 2.75) is 120 Å². The van der Waals surface area contributed by atoms with Crippen molar-refractivity contribution in [2.75, 3.05) is 0 Å². The van der Waals surface area contributed by atoms with Gasteiger partial charge in [-0.2, -0.15) is 0 Å². The van der Waals surface area contributed by atoms with E-state index in [1.807, 2.05) is 0 Å². The molecule has 0 bridgehead atoms. The van der Waals surface area contributed by atoms with Gasteiger partial charge in [0, 0.05) is 6.04 Å². The van der Waals surface area contributed by atoms with Crippen molar-refractivity contribution in [3.63, 3.8) is 0 Å². The highest BCUT2D eigenvalue weighted by atomic mass is 14.7. The fourth-order valence-electron chi connectivity index (χ4n) is 8.87. The summed E-state index contributed by atoms with van der Waals surface area (Å²) in [6.07, 6.45) is 10.9. The normalized spacial score (nSPS) is 51.9. The monoisotopic (exact) mass is 403 g/mol. The summed E-state index contributed by atoms with van der Waals surface area (Å²) in [5, 5.41) is 0. The van der Waals surface area contributed by atoms with Gasteiger partial charge in [0.25, 0.3) is 0 Å². The molecule has 0 aromatic rings. The van der Waals surface area contributed by atoms with Crippen molar-refractivity contribution < 1.29 is 0 Å². The van der Waals surface area contributed by atoms with Crippen molar-refractivity contribution in [1.82, 2.24) is 0 Å². The van der Waals surface area contributed by atoms with Gasteiger partial charge >= 0.3 is 0 Å². The van der Waals surface area contributed by atoms with Crippen molar-refractivity contribution in [3.8, 4) is 0 Å². The van der Waals surface area contributed by atoms with Crippen molar-refractivity contribution in [1.29, 1.82) is 0 Å². The first-order valence-electron chi connectivity index (χ1n) is 13.1. The molecule has 9 unspecified atom stereocenters. The Kier molecular flexibility index (Phi) is 6.63. The van der Waals surface area contributed by atoms with Crippen molar-refractivity contribution >= 4 is 0 Å². The van der Waals surface area contributed by atoms with Gasteiger partial charge < -0.3 is 5.73 Å². The zero-order valence-electron chi connectivity index (χ0n) is 21.4. The Bertz CT molecular complexity index is 553. The third-order valence-electron chi connectivity index (χ3n) is 10.8. The third-order valence-corrected chi connectivity index (χ3v) is 10.8. The van der Waals surface area contributed by atoms with Gasteiger partial charge in [-0.05, 0) is 103 Å². The topological polar surface area (TPSA) is 26.0 Å². The summed E-state index contributed by atoms with van der Waals surface area (Å²) < 4.78 is 0.